The molecule has 2 fully saturated rings. The largest absolute Gasteiger partial charge is 0.450 e. The van der Waals surface area contributed by atoms with Crippen LogP contribution >= 0.6 is 0 Å². The molecular formula is C21H30N4O4. The molecule has 158 valence electrons. The molecule has 8 nitrogen and oxygen atoms in total. The number of carbonyl (C=O) groups excluding carboxylic acids is 3. The quantitative estimate of drug-likeness (QED) is 0.758. The highest BCUT2D eigenvalue weighted by Gasteiger charge is 2.33. The topological polar surface area (TPSA) is 73.4 Å². The summed E-state index contributed by atoms with van der Waals surface area (Å²) in [6, 6.07) is 7.88. The summed E-state index contributed by atoms with van der Waals surface area (Å²) in [7, 11) is 0. The van der Waals surface area contributed by atoms with Gasteiger partial charge in [-0.2, -0.15) is 0 Å². The van der Waals surface area contributed by atoms with Gasteiger partial charge in [-0.3, -0.25) is 9.69 Å². The molecule has 1 aromatic rings. The summed E-state index contributed by atoms with van der Waals surface area (Å²) >= 11 is 0. The second kappa shape index (κ2) is 9.15. The van der Waals surface area contributed by atoms with Gasteiger partial charge >= 0.3 is 12.1 Å². The van der Waals surface area contributed by atoms with E-state index in [0.29, 0.717) is 51.8 Å². The number of amides is 4. The lowest BCUT2D eigenvalue weighted by Gasteiger charge is -2.34. The molecule has 2 aliphatic heterocycles. The SMILES string of the molecule is CCOC(=O)N1CCN(C(=O)CN2CCN(c3ccc(C(C)C)cc3)C2=O)CC1. The average molecular weight is 402 g/mol. The van der Waals surface area contributed by atoms with Crippen LogP contribution in [-0.2, 0) is 9.53 Å². The van der Waals surface area contributed by atoms with E-state index in [2.05, 4.69) is 13.8 Å². The minimum absolute atomic E-state index is 0.0683. The van der Waals surface area contributed by atoms with Crippen molar-refractivity contribution in [3.05, 3.63) is 29.8 Å². The first-order valence-corrected chi connectivity index (χ1v) is 10.3. The lowest BCUT2D eigenvalue weighted by molar-refractivity contribution is -0.133. The number of ether oxygens (including phenoxy) is 1. The Kier molecular flexibility index (Phi) is 6.61. The lowest BCUT2D eigenvalue weighted by atomic mass is 10.0. The molecule has 0 bridgehead atoms. The third kappa shape index (κ3) is 4.81. The lowest BCUT2D eigenvalue weighted by Crippen LogP contribution is -2.53. The van der Waals surface area contributed by atoms with Crippen molar-refractivity contribution in [1.29, 1.82) is 0 Å². The third-order valence-electron chi connectivity index (χ3n) is 5.45. The Balaban J connectivity index is 1.52. The van der Waals surface area contributed by atoms with E-state index >= 15 is 0 Å². The second-order valence-corrected chi connectivity index (χ2v) is 7.67. The Hall–Kier alpha value is -2.77. The summed E-state index contributed by atoms with van der Waals surface area (Å²) in [5.41, 5.74) is 2.09. The average Bonchev–Trinajstić information content (AvgIpc) is 3.08. The summed E-state index contributed by atoms with van der Waals surface area (Å²) in [5.74, 6) is 0.357. The number of rotatable bonds is 5. The molecule has 0 atom stereocenters. The number of urea groups is 1. The van der Waals surface area contributed by atoms with Crippen molar-refractivity contribution in [2.24, 2.45) is 0 Å². The Bertz CT molecular complexity index is 742. The zero-order valence-electron chi connectivity index (χ0n) is 17.5. The van der Waals surface area contributed by atoms with Gasteiger partial charge in [-0.05, 0) is 30.5 Å². The molecule has 0 aliphatic carbocycles. The highest BCUT2D eigenvalue weighted by Crippen LogP contribution is 2.23. The molecule has 0 N–H and O–H groups in total. The molecule has 2 heterocycles. The van der Waals surface area contributed by atoms with Gasteiger partial charge in [0.1, 0.15) is 6.54 Å². The fourth-order valence-electron chi connectivity index (χ4n) is 3.62. The molecule has 29 heavy (non-hydrogen) atoms. The molecule has 0 radical (unpaired) electrons. The van der Waals surface area contributed by atoms with Gasteiger partial charge in [-0.1, -0.05) is 26.0 Å². The van der Waals surface area contributed by atoms with Gasteiger partial charge in [0.15, 0.2) is 0 Å². The molecule has 0 aromatic heterocycles. The van der Waals surface area contributed by atoms with Crippen molar-refractivity contribution in [2.45, 2.75) is 26.7 Å². The van der Waals surface area contributed by atoms with Gasteiger partial charge in [-0.25, -0.2) is 9.59 Å². The van der Waals surface area contributed by atoms with Crippen molar-refractivity contribution in [3.63, 3.8) is 0 Å². The highest BCUT2D eigenvalue weighted by atomic mass is 16.6. The smallest absolute Gasteiger partial charge is 0.409 e. The first-order chi connectivity index (χ1) is 13.9. The maximum atomic E-state index is 12.8. The van der Waals surface area contributed by atoms with E-state index in [0.717, 1.165) is 5.69 Å². The molecule has 4 amide bonds. The van der Waals surface area contributed by atoms with Crippen LogP contribution in [0.4, 0.5) is 15.3 Å². The van der Waals surface area contributed by atoms with E-state index in [1.54, 1.807) is 26.5 Å². The molecule has 3 rings (SSSR count). The number of hydrogen-bond acceptors (Lipinski definition) is 4. The third-order valence-corrected chi connectivity index (χ3v) is 5.45. The van der Waals surface area contributed by atoms with Crippen LogP contribution in [0.5, 0.6) is 0 Å². The fourth-order valence-corrected chi connectivity index (χ4v) is 3.62. The van der Waals surface area contributed by atoms with Gasteiger partial charge in [0.25, 0.3) is 0 Å². The van der Waals surface area contributed by atoms with E-state index in [9.17, 15) is 14.4 Å². The standard InChI is InChI=1S/C21H30N4O4/c1-4-29-21(28)23-11-9-22(10-12-23)19(26)15-24-13-14-25(20(24)27)18-7-5-17(6-8-18)16(2)3/h5-8,16H,4,9-15H2,1-3H3. The fraction of sp³-hybridized carbons (Fsp3) is 0.571. The zero-order valence-corrected chi connectivity index (χ0v) is 17.5. The minimum atomic E-state index is -0.339. The van der Waals surface area contributed by atoms with E-state index < -0.39 is 0 Å². The van der Waals surface area contributed by atoms with E-state index in [4.69, 9.17) is 4.74 Å². The molecule has 0 saturated carbocycles. The maximum absolute atomic E-state index is 12.8. The summed E-state index contributed by atoms with van der Waals surface area (Å²) in [5, 5.41) is 0. The number of anilines is 1. The first-order valence-electron chi connectivity index (χ1n) is 10.3. The molecule has 0 spiro atoms. The van der Waals surface area contributed by atoms with Gasteiger partial charge < -0.3 is 19.4 Å². The van der Waals surface area contributed by atoms with Crippen molar-refractivity contribution >= 4 is 23.7 Å². The Labute approximate surface area is 172 Å². The summed E-state index contributed by atoms with van der Waals surface area (Å²) in [6.45, 7) is 9.37. The van der Waals surface area contributed by atoms with Crippen LogP contribution in [0.1, 0.15) is 32.3 Å². The van der Waals surface area contributed by atoms with Crippen molar-refractivity contribution < 1.29 is 19.1 Å². The first kappa shape index (κ1) is 21.0. The molecule has 1 aromatic carbocycles. The van der Waals surface area contributed by atoms with Gasteiger partial charge in [0.05, 0.1) is 6.61 Å². The number of carbonyl (C=O) groups is 3. The van der Waals surface area contributed by atoms with Crippen LogP contribution in [0.2, 0.25) is 0 Å². The summed E-state index contributed by atoms with van der Waals surface area (Å²) in [4.78, 5) is 43.8. The molecular weight excluding hydrogens is 372 g/mol. The summed E-state index contributed by atoms with van der Waals surface area (Å²) in [6.07, 6.45) is -0.339. The molecule has 2 saturated heterocycles. The van der Waals surface area contributed by atoms with Crippen molar-refractivity contribution in [3.8, 4) is 0 Å². The van der Waals surface area contributed by atoms with Crippen LogP contribution < -0.4 is 4.90 Å². The highest BCUT2D eigenvalue weighted by molar-refractivity contribution is 5.96. The van der Waals surface area contributed by atoms with E-state index in [-0.39, 0.29) is 24.6 Å². The van der Waals surface area contributed by atoms with Gasteiger partial charge in [-0.15, -0.1) is 0 Å². The normalized spacial score (nSPS) is 17.3. The molecule has 8 heteroatoms. The Morgan fingerprint density at radius 1 is 0.966 bits per heavy atom. The Morgan fingerprint density at radius 3 is 2.17 bits per heavy atom. The Morgan fingerprint density at radius 2 is 1.59 bits per heavy atom. The zero-order chi connectivity index (χ0) is 21.0. The number of piperazine rings is 1. The van der Waals surface area contributed by atoms with Crippen LogP contribution in [0.25, 0.3) is 0 Å². The van der Waals surface area contributed by atoms with Crippen molar-refractivity contribution in [1.82, 2.24) is 14.7 Å². The van der Waals surface area contributed by atoms with Crippen LogP contribution in [-0.4, -0.2) is 85.2 Å². The number of nitrogens with zero attached hydrogens (tertiary/aromatic N) is 4. The van der Waals surface area contributed by atoms with E-state index in [1.807, 2.05) is 24.3 Å². The van der Waals surface area contributed by atoms with Gasteiger partial charge in [0.2, 0.25) is 5.91 Å². The second-order valence-electron chi connectivity index (χ2n) is 7.67. The minimum Gasteiger partial charge on any atom is -0.450 e. The predicted molar refractivity (Wildman–Crippen MR) is 110 cm³/mol. The van der Waals surface area contributed by atoms with Crippen LogP contribution in [0.3, 0.4) is 0 Å². The van der Waals surface area contributed by atoms with Crippen LogP contribution in [0.15, 0.2) is 24.3 Å². The number of benzene rings is 1. The molecule has 2 aliphatic rings. The van der Waals surface area contributed by atoms with Crippen molar-refractivity contribution in [2.75, 3.05) is 57.3 Å². The number of hydrogen-bond donors (Lipinski definition) is 0. The predicted octanol–water partition coefficient (Wildman–Crippen LogP) is 2.35. The summed E-state index contributed by atoms with van der Waals surface area (Å²) < 4.78 is 5.00. The maximum Gasteiger partial charge on any atom is 0.409 e. The van der Waals surface area contributed by atoms with Crippen LogP contribution in [0, 0.1) is 0 Å². The monoisotopic (exact) mass is 402 g/mol. The molecule has 0 unspecified atom stereocenters. The van der Waals surface area contributed by atoms with Gasteiger partial charge in [0, 0.05) is 45.0 Å². The van der Waals surface area contributed by atoms with E-state index in [1.165, 1.54) is 5.56 Å².